The zero-order valence-electron chi connectivity index (χ0n) is 13.2. The van der Waals surface area contributed by atoms with Crippen LogP contribution in [-0.4, -0.2) is 32.2 Å². The van der Waals surface area contributed by atoms with E-state index in [4.69, 9.17) is 16.3 Å². The van der Waals surface area contributed by atoms with Crippen LogP contribution in [0.15, 0.2) is 6.33 Å². The molecular formula is C16H22ClN5O. The lowest BCUT2D eigenvalue weighted by Gasteiger charge is -2.24. The van der Waals surface area contributed by atoms with Crippen molar-refractivity contribution < 1.29 is 4.74 Å². The predicted molar refractivity (Wildman–Crippen MR) is 89.7 cm³/mol. The van der Waals surface area contributed by atoms with Crippen molar-refractivity contribution in [3.63, 3.8) is 0 Å². The molecule has 0 aromatic carbocycles. The van der Waals surface area contributed by atoms with Crippen molar-refractivity contribution >= 4 is 28.6 Å². The van der Waals surface area contributed by atoms with Crippen LogP contribution in [0.25, 0.3) is 11.2 Å². The largest absolute Gasteiger partial charge is 0.365 e. The number of imidazole rings is 1. The Labute approximate surface area is 140 Å². The van der Waals surface area contributed by atoms with Crippen molar-refractivity contribution in [2.24, 2.45) is 0 Å². The lowest BCUT2D eigenvalue weighted by molar-refractivity contribution is -0.0298. The standard InChI is InChI=1S/C16H22ClN5O/c17-16-20-14(19-11-6-2-1-3-7-11)13-15(21-16)22(10-18-13)12-8-4-5-9-23-12/h10-12H,1-9H2,(H,19,20,21)/t12-/m0/s1. The minimum atomic E-state index is 0.00208. The molecule has 0 amide bonds. The number of ether oxygens (including phenoxy) is 1. The van der Waals surface area contributed by atoms with Crippen LogP contribution in [0.5, 0.6) is 0 Å². The van der Waals surface area contributed by atoms with Gasteiger partial charge >= 0.3 is 0 Å². The summed E-state index contributed by atoms with van der Waals surface area (Å²) in [7, 11) is 0. The van der Waals surface area contributed by atoms with E-state index in [0.717, 1.165) is 42.9 Å². The molecule has 0 bridgehead atoms. The summed E-state index contributed by atoms with van der Waals surface area (Å²) in [5, 5.41) is 3.79. The second kappa shape index (κ2) is 6.61. The highest BCUT2D eigenvalue weighted by molar-refractivity contribution is 6.28. The predicted octanol–water partition coefficient (Wildman–Crippen LogP) is 3.92. The molecule has 1 saturated carbocycles. The van der Waals surface area contributed by atoms with Crippen molar-refractivity contribution in [1.29, 1.82) is 0 Å². The van der Waals surface area contributed by atoms with Crippen LogP contribution >= 0.6 is 11.6 Å². The summed E-state index contributed by atoms with van der Waals surface area (Å²) in [6.07, 6.45) is 11.3. The SMILES string of the molecule is Clc1nc(NC2CCCCC2)c2ncn([C@@H]3CCCCO3)c2n1. The van der Waals surface area contributed by atoms with E-state index in [0.29, 0.717) is 6.04 Å². The van der Waals surface area contributed by atoms with Crippen LogP contribution in [0.1, 0.15) is 57.6 Å². The topological polar surface area (TPSA) is 64.9 Å². The Morgan fingerprint density at radius 2 is 1.91 bits per heavy atom. The number of anilines is 1. The number of fused-ring (bicyclic) bond motifs is 1. The Bertz CT molecular complexity index is 676. The molecular weight excluding hydrogens is 314 g/mol. The minimum absolute atomic E-state index is 0.00208. The number of halogens is 1. The molecule has 23 heavy (non-hydrogen) atoms. The van der Waals surface area contributed by atoms with Gasteiger partial charge in [0.15, 0.2) is 17.0 Å². The fourth-order valence-corrected chi connectivity index (χ4v) is 3.75. The molecule has 3 heterocycles. The molecule has 1 saturated heterocycles. The van der Waals surface area contributed by atoms with Crippen LogP contribution in [0, 0.1) is 0 Å². The maximum absolute atomic E-state index is 6.17. The fraction of sp³-hybridized carbons (Fsp3) is 0.688. The third-order valence-corrected chi connectivity index (χ3v) is 4.98. The van der Waals surface area contributed by atoms with E-state index in [9.17, 15) is 0 Å². The zero-order chi connectivity index (χ0) is 15.6. The van der Waals surface area contributed by atoms with Gasteiger partial charge in [0.1, 0.15) is 6.23 Å². The molecule has 0 radical (unpaired) electrons. The Balaban J connectivity index is 1.66. The molecule has 2 fully saturated rings. The number of nitrogens with one attached hydrogen (secondary N) is 1. The number of rotatable bonds is 3. The average molecular weight is 336 g/mol. The van der Waals surface area contributed by atoms with Crippen molar-refractivity contribution in [3.8, 4) is 0 Å². The first-order valence-electron chi connectivity index (χ1n) is 8.59. The van der Waals surface area contributed by atoms with E-state index in [1.54, 1.807) is 6.33 Å². The summed E-state index contributed by atoms with van der Waals surface area (Å²) in [4.78, 5) is 13.3. The summed E-state index contributed by atoms with van der Waals surface area (Å²) in [6, 6.07) is 0.453. The van der Waals surface area contributed by atoms with Gasteiger partial charge in [-0.15, -0.1) is 0 Å². The van der Waals surface area contributed by atoms with Gasteiger partial charge in [0.25, 0.3) is 0 Å². The van der Waals surface area contributed by atoms with Gasteiger partial charge in [0.2, 0.25) is 5.28 Å². The quantitative estimate of drug-likeness (QED) is 0.861. The third-order valence-electron chi connectivity index (χ3n) is 4.81. The first-order chi connectivity index (χ1) is 11.3. The summed E-state index contributed by atoms with van der Waals surface area (Å²) in [6.45, 7) is 0.788. The first-order valence-corrected chi connectivity index (χ1v) is 8.97. The molecule has 7 heteroatoms. The highest BCUT2D eigenvalue weighted by Crippen LogP contribution is 2.30. The van der Waals surface area contributed by atoms with Crippen LogP contribution in [-0.2, 0) is 4.74 Å². The molecule has 0 unspecified atom stereocenters. The Morgan fingerprint density at radius 3 is 2.70 bits per heavy atom. The monoisotopic (exact) mass is 335 g/mol. The number of nitrogens with zero attached hydrogens (tertiary/aromatic N) is 4. The summed E-state index contributed by atoms with van der Waals surface area (Å²) >= 11 is 6.17. The number of hydrogen-bond donors (Lipinski definition) is 1. The Morgan fingerprint density at radius 1 is 1.09 bits per heavy atom. The van der Waals surface area contributed by atoms with E-state index in [1.165, 1.54) is 32.1 Å². The molecule has 4 rings (SSSR count). The second-order valence-electron chi connectivity index (χ2n) is 6.47. The highest BCUT2D eigenvalue weighted by atomic mass is 35.5. The Hall–Kier alpha value is -1.40. The van der Waals surface area contributed by atoms with Crippen molar-refractivity contribution in [3.05, 3.63) is 11.6 Å². The molecule has 6 nitrogen and oxygen atoms in total. The summed E-state index contributed by atoms with van der Waals surface area (Å²) < 4.78 is 7.85. The fourth-order valence-electron chi connectivity index (χ4n) is 3.58. The van der Waals surface area contributed by atoms with Gasteiger partial charge in [0, 0.05) is 12.6 Å². The van der Waals surface area contributed by atoms with Crippen LogP contribution in [0.4, 0.5) is 5.82 Å². The molecule has 2 aromatic heterocycles. The van der Waals surface area contributed by atoms with Gasteiger partial charge in [-0.1, -0.05) is 19.3 Å². The minimum Gasteiger partial charge on any atom is -0.365 e. The molecule has 1 N–H and O–H groups in total. The van der Waals surface area contributed by atoms with Crippen molar-refractivity contribution in [2.75, 3.05) is 11.9 Å². The molecule has 1 aliphatic carbocycles. The van der Waals surface area contributed by atoms with E-state index < -0.39 is 0 Å². The smallest absolute Gasteiger partial charge is 0.226 e. The van der Waals surface area contributed by atoms with Crippen LogP contribution < -0.4 is 5.32 Å². The van der Waals surface area contributed by atoms with Gasteiger partial charge in [-0.2, -0.15) is 9.97 Å². The maximum Gasteiger partial charge on any atom is 0.226 e. The zero-order valence-corrected chi connectivity index (χ0v) is 13.9. The van der Waals surface area contributed by atoms with Gasteiger partial charge in [-0.05, 0) is 43.7 Å². The van der Waals surface area contributed by atoms with Crippen LogP contribution in [0.3, 0.4) is 0 Å². The van der Waals surface area contributed by atoms with Gasteiger partial charge in [0.05, 0.1) is 6.33 Å². The highest BCUT2D eigenvalue weighted by Gasteiger charge is 2.22. The van der Waals surface area contributed by atoms with Gasteiger partial charge in [-0.3, -0.25) is 4.57 Å². The Kier molecular flexibility index (Phi) is 4.35. The van der Waals surface area contributed by atoms with E-state index >= 15 is 0 Å². The molecule has 1 aliphatic heterocycles. The van der Waals surface area contributed by atoms with Crippen LogP contribution in [0.2, 0.25) is 5.28 Å². The first kappa shape index (κ1) is 15.1. The molecule has 124 valence electrons. The lowest BCUT2D eigenvalue weighted by Crippen LogP contribution is -2.23. The van der Waals surface area contributed by atoms with E-state index in [-0.39, 0.29) is 11.5 Å². The molecule has 2 aliphatic rings. The summed E-state index contributed by atoms with van der Waals surface area (Å²) in [5.41, 5.74) is 1.55. The normalized spacial score (nSPS) is 23.3. The number of hydrogen-bond acceptors (Lipinski definition) is 5. The molecule has 1 atom stereocenters. The third kappa shape index (κ3) is 3.15. The molecule has 2 aromatic rings. The maximum atomic E-state index is 6.17. The van der Waals surface area contributed by atoms with Gasteiger partial charge < -0.3 is 10.1 Å². The van der Waals surface area contributed by atoms with Gasteiger partial charge in [-0.25, -0.2) is 4.98 Å². The summed E-state index contributed by atoms with van der Waals surface area (Å²) in [5.74, 6) is 0.751. The van der Waals surface area contributed by atoms with E-state index in [1.807, 2.05) is 4.57 Å². The lowest BCUT2D eigenvalue weighted by atomic mass is 9.95. The second-order valence-corrected chi connectivity index (χ2v) is 6.80. The van der Waals surface area contributed by atoms with Crippen molar-refractivity contribution in [1.82, 2.24) is 19.5 Å². The average Bonchev–Trinajstić information content (AvgIpc) is 3.00. The van der Waals surface area contributed by atoms with E-state index in [2.05, 4.69) is 20.3 Å². The molecule has 0 spiro atoms. The number of aromatic nitrogens is 4. The van der Waals surface area contributed by atoms with Crippen molar-refractivity contribution in [2.45, 2.75) is 63.6 Å².